The van der Waals surface area contributed by atoms with Crippen LogP contribution in [0.25, 0.3) is 0 Å². The summed E-state index contributed by atoms with van der Waals surface area (Å²) in [6.07, 6.45) is -0.448. The molecule has 0 aliphatic rings. The maximum Gasteiger partial charge on any atom is 0.238 e. The van der Waals surface area contributed by atoms with Gasteiger partial charge in [-0.2, -0.15) is 0 Å². The molecule has 0 saturated heterocycles. The summed E-state index contributed by atoms with van der Waals surface area (Å²) in [7, 11) is 0. The van der Waals surface area contributed by atoms with Gasteiger partial charge in [-0.3, -0.25) is 4.79 Å². The van der Waals surface area contributed by atoms with Crippen LogP contribution in [-0.2, 0) is 4.79 Å². The first-order valence-corrected chi connectivity index (χ1v) is 5.82. The van der Waals surface area contributed by atoms with E-state index >= 15 is 0 Å². The lowest BCUT2D eigenvalue weighted by Gasteiger charge is -2.09. The molecular formula is C11H15BrN2O2. The fraction of sp³-hybridized carbons (Fsp3) is 0.364. The van der Waals surface area contributed by atoms with Crippen molar-refractivity contribution in [3.8, 4) is 0 Å². The Bertz CT molecular complexity index is 356. The number of carbonyl (C=O) groups is 1. The molecule has 0 heterocycles. The van der Waals surface area contributed by atoms with Crippen LogP contribution < -0.4 is 10.6 Å². The number of halogens is 1. The minimum atomic E-state index is -0.448. The molecule has 3 N–H and O–H groups in total. The summed E-state index contributed by atoms with van der Waals surface area (Å²) >= 11 is 3.34. The highest BCUT2D eigenvalue weighted by Gasteiger charge is 2.04. The molecule has 88 valence electrons. The summed E-state index contributed by atoms with van der Waals surface area (Å²) in [4.78, 5) is 11.5. The highest BCUT2D eigenvalue weighted by Crippen LogP contribution is 2.20. The lowest BCUT2D eigenvalue weighted by molar-refractivity contribution is -0.115. The molecule has 0 fully saturated rings. The molecule has 1 atom stereocenters. The Hall–Kier alpha value is -0.910. The highest BCUT2D eigenvalue weighted by molar-refractivity contribution is 9.10. The molecule has 0 spiro atoms. The van der Waals surface area contributed by atoms with Gasteiger partial charge in [0.25, 0.3) is 0 Å². The van der Waals surface area contributed by atoms with Gasteiger partial charge >= 0.3 is 0 Å². The van der Waals surface area contributed by atoms with Gasteiger partial charge in [0.2, 0.25) is 5.91 Å². The van der Waals surface area contributed by atoms with Crippen molar-refractivity contribution < 1.29 is 9.90 Å². The van der Waals surface area contributed by atoms with E-state index in [1.807, 2.05) is 24.3 Å². The Morgan fingerprint density at radius 3 is 2.81 bits per heavy atom. The quantitative estimate of drug-likeness (QED) is 0.766. The van der Waals surface area contributed by atoms with E-state index in [9.17, 15) is 4.79 Å². The number of rotatable bonds is 5. The molecule has 0 radical (unpaired) electrons. The van der Waals surface area contributed by atoms with Crippen LogP contribution in [0.15, 0.2) is 28.7 Å². The normalized spacial score (nSPS) is 12.2. The summed E-state index contributed by atoms with van der Waals surface area (Å²) in [5.74, 6) is -0.132. The van der Waals surface area contributed by atoms with Gasteiger partial charge in [-0.25, -0.2) is 0 Å². The Morgan fingerprint density at radius 1 is 1.50 bits per heavy atom. The van der Waals surface area contributed by atoms with Gasteiger partial charge in [-0.05, 0) is 35.0 Å². The molecule has 0 aliphatic heterocycles. The molecule has 5 heteroatoms. The number of benzene rings is 1. The van der Waals surface area contributed by atoms with Gasteiger partial charge in [0.1, 0.15) is 0 Å². The summed E-state index contributed by atoms with van der Waals surface area (Å²) < 4.78 is 0.846. The zero-order valence-electron chi connectivity index (χ0n) is 9.03. The second-order valence-electron chi connectivity index (χ2n) is 3.51. The highest BCUT2D eigenvalue weighted by atomic mass is 79.9. The van der Waals surface area contributed by atoms with Crippen molar-refractivity contribution in [2.24, 2.45) is 0 Å². The predicted molar refractivity (Wildman–Crippen MR) is 67.3 cm³/mol. The molecule has 1 aromatic carbocycles. The van der Waals surface area contributed by atoms with Gasteiger partial charge in [0, 0.05) is 11.0 Å². The summed E-state index contributed by atoms with van der Waals surface area (Å²) in [5.41, 5.74) is 0.742. The number of hydrogen-bond acceptors (Lipinski definition) is 3. The summed E-state index contributed by atoms with van der Waals surface area (Å²) in [6.45, 7) is 2.26. The zero-order valence-corrected chi connectivity index (χ0v) is 10.6. The van der Waals surface area contributed by atoms with Crippen LogP contribution in [-0.4, -0.2) is 30.2 Å². The number of aliphatic hydroxyl groups is 1. The largest absolute Gasteiger partial charge is 0.392 e. The van der Waals surface area contributed by atoms with E-state index in [2.05, 4.69) is 26.6 Å². The number of aliphatic hydroxyl groups excluding tert-OH is 1. The van der Waals surface area contributed by atoms with Crippen LogP contribution in [0.4, 0.5) is 5.69 Å². The Kier molecular flexibility index (Phi) is 5.45. The van der Waals surface area contributed by atoms with Crippen LogP contribution in [0.5, 0.6) is 0 Å². The van der Waals surface area contributed by atoms with Crippen LogP contribution in [0.3, 0.4) is 0 Å². The van der Waals surface area contributed by atoms with E-state index in [4.69, 9.17) is 5.11 Å². The smallest absolute Gasteiger partial charge is 0.238 e. The number of anilines is 1. The Morgan fingerprint density at radius 2 is 2.19 bits per heavy atom. The van der Waals surface area contributed by atoms with Crippen LogP contribution in [0.1, 0.15) is 6.92 Å². The first kappa shape index (κ1) is 13.2. The van der Waals surface area contributed by atoms with Crippen molar-refractivity contribution in [2.75, 3.05) is 18.4 Å². The second kappa shape index (κ2) is 6.62. The monoisotopic (exact) mass is 286 g/mol. The van der Waals surface area contributed by atoms with Gasteiger partial charge in [0.15, 0.2) is 0 Å². The SMILES string of the molecule is C[C@@H](O)CNCC(=O)Nc1ccccc1Br. The van der Waals surface area contributed by atoms with Crippen molar-refractivity contribution in [3.63, 3.8) is 0 Å². The molecule has 0 aliphatic carbocycles. The van der Waals surface area contributed by atoms with E-state index in [-0.39, 0.29) is 12.5 Å². The number of nitrogens with one attached hydrogen (secondary N) is 2. The fourth-order valence-electron chi connectivity index (χ4n) is 1.15. The number of amides is 1. The molecule has 4 nitrogen and oxygen atoms in total. The third kappa shape index (κ3) is 4.74. The number of para-hydroxylation sites is 1. The van der Waals surface area contributed by atoms with Gasteiger partial charge in [-0.15, -0.1) is 0 Å². The minimum absolute atomic E-state index is 0.132. The third-order valence-electron chi connectivity index (χ3n) is 1.87. The van der Waals surface area contributed by atoms with Gasteiger partial charge in [0.05, 0.1) is 18.3 Å². The van der Waals surface area contributed by atoms with Crippen molar-refractivity contribution in [2.45, 2.75) is 13.0 Å². The second-order valence-corrected chi connectivity index (χ2v) is 4.36. The summed E-state index contributed by atoms with van der Waals surface area (Å²) in [5, 5.41) is 14.6. The fourth-order valence-corrected chi connectivity index (χ4v) is 1.54. The van der Waals surface area contributed by atoms with E-state index in [1.54, 1.807) is 6.92 Å². The zero-order chi connectivity index (χ0) is 12.0. The maximum absolute atomic E-state index is 11.5. The molecule has 16 heavy (non-hydrogen) atoms. The maximum atomic E-state index is 11.5. The molecule has 0 aromatic heterocycles. The van der Waals surface area contributed by atoms with Crippen LogP contribution in [0.2, 0.25) is 0 Å². The van der Waals surface area contributed by atoms with Gasteiger partial charge < -0.3 is 15.7 Å². The number of carbonyl (C=O) groups excluding carboxylic acids is 1. The Labute approximate surface area is 103 Å². The lowest BCUT2D eigenvalue weighted by atomic mass is 10.3. The molecule has 1 aromatic rings. The molecule has 0 unspecified atom stereocenters. The topological polar surface area (TPSA) is 61.4 Å². The average molecular weight is 287 g/mol. The first-order valence-electron chi connectivity index (χ1n) is 5.02. The summed E-state index contributed by atoms with van der Waals surface area (Å²) in [6, 6.07) is 7.41. The predicted octanol–water partition coefficient (Wildman–Crippen LogP) is 1.36. The van der Waals surface area contributed by atoms with Gasteiger partial charge in [-0.1, -0.05) is 12.1 Å². The number of hydrogen-bond donors (Lipinski definition) is 3. The van der Waals surface area contributed by atoms with Crippen LogP contribution >= 0.6 is 15.9 Å². The average Bonchev–Trinajstić information content (AvgIpc) is 2.21. The molecular weight excluding hydrogens is 272 g/mol. The van der Waals surface area contributed by atoms with Crippen molar-refractivity contribution >= 4 is 27.5 Å². The standard InChI is InChI=1S/C11H15BrN2O2/c1-8(15)6-13-7-11(16)14-10-5-3-2-4-9(10)12/h2-5,8,13,15H,6-7H2,1H3,(H,14,16)/t8-/m1/s1. The molecule has 1 amide bonds. The molecule has 0 saturated carbocycles. The Balaban J connectivity index is 2.37. The van der Waals surface area contributed by atoms with E-state index in [1.165, 1.54) is 0 Å². The molecule has 0 bridgehead atoms. The molecule has 1 rings (SSSR count). The van der Waals surface area contributed by atoms with E-state index in [0.717, 1.165) is 10.2 Å². The van der Waals surface area contributed by atoms with Crippen LogP contribution in [0, 0.1) is 0 Å². The minimum Gasteiger partial charge on any atom is -0.392 e. The lowest BCUT2D eigenvalue weighted by Crippen LogP contribution is -2.32. The third-order valence-corrected chi connectivity index (χ3v) is 2.56. The van der Waals surface area contributed by atoms with Crippen molar-refractivity contribution in [1.29, 1.82) is 0 Å². The van der Waals surface area contributed by atoms with E-state index < -0.39 is 6.10 Å². The first-order chi connectivity index (χ1) is 7.59. The van der Waals surface area contributed by atoms with Crippen molar-refractivity contribution in [1.82, 2.24) is 5.32 Å². The van der Waals surface area contributed by atoms with Crippen molar-refractivity contribution in [3.05, 3.63) is 28.7 Å². The van der Waals surface area contributed by atoms with E-state index in [0.29, 0.717) is 6.54 Å².